The lowest BCUT2D eigenvalue weighted by Crippen LogP contribution is -2.37. The predicted octanol–water partition coefficient (Wildman–Crippen LogP) is 0.656. The van der Waals surface area contributed by atoms with E-state index in [4.69, 9.17) is 0 Å². The van der Waals surface area contributed by atoms with Crippen LogP contribution in [-0.4, -0.2) is 41.2 Å². The van der Waals surface area contributed by atoms with Gasteiger partial charge in [0.1, 0.15) is 5.82 Å². The van der Waals surface area contributed by atoms with E-state index in [0.717, 1.165) is 5.69 Å². The normalized spacial score (nSPS) is 15.0. The standard InChI is InChI=1S/C16H19FN4O3S/c1-25(23,24)20-6-7-21-14(11-20)9-13(19-21)10-18-16(22)8-12-4-2-3-5-15(12)17/h2-5,9H,6-8,10-11H2,1H3,(H,18,22). The number of sulfonamides is 1. The monoisotopic (exact) mass is 366 g/mol. The molecule has 25 heavy (non-hydrogen) atoms. The molecule has 0 radical (unpaired) electrons. The van der Waals surface area contributed by atoms with E-state index in [-0.39, 0.29) is 25.4 Å². The Bertz CT molecular complexity index is 895. The highest BCUT2D eigenvalue weighted by Gasteiger charge is 2.24. The molecule has 0 saturated heterocycles. The Labute approximate surface area is 145 Å². The van der Waals surface area contributed by atoms with Crippen LogP contribution in [-0.2, 0) is 40.9 Å². The Balaban J connectivity index is 1.59. The van der Waals surface area contributed by atoms with Crippen molar-refractivity contribution in [1.29, 1.82) is 0 Å². The molecule has 1 aromatic heterocycles. The summed E-state index contributed by atoms with van der Waals surface area (Å²) in [6.07, 6.45) is 1.14. The first kappa shape index (κ1) is 17.6. The minimum Gasteiger partial charge on any atom is -0.350 e. The van der Waals surface area contributed by atoms with Gasteiger partial charge in [0.05, 0.1) is 43.7 Å². The van der Waals surface area contributed by atoms with Crippen LogP contribution in [0.2, 0.25) is 0 Å². The Hall–Kier alpha value is -2.26. The molecule has 2 heterocycles. The molecule has 0 bridgehead atoms. The summed E-state index contributed by atoms with van der Waals surface area (Å²) >= 11 is 0. The van der Waals surface area contributed by atoms with Gasteiger partial charge in [-0.05, 0) is 17.7 Å². The fraction of sp³-hybridized carbons (Fsp3) is 0.375. The van der Waals surface area contributed by atoms with Crippen LogP contribution in [0.1, 0.15) is 17.0 Å². The summed E-state index contributed by atoms with van der Waals surface area (Å²) < 4.78 is 40.0. The highest BCUT2D eigenvalue weighted by Crippen LogP contribution is 2.16. The third kappa shape index (κ3) is 4.23. The molecule has 0 atom stereocenters. The average molecular weight is 366 g/mol. The molecular weight excluding hydrogens is 347 g/mol. The van der Waals surface area contributed by atoms with Crippen LogP contribution >= 0.6 is 0 Å². The second kappa shape index (κ2) is 6.93. The first-order chi connectivity index (χ1) is 11.8. The third-order valence-electron chi connectivity index (χ3n) is 4.06. The zero-order valence-electron chi connectivity index (χ0n) is 13.8. The summed E-state index contributed by atoms with van der Waals surface area (Å²) in [5.74, 6) is -0.704. The van der Waals surface area contributed by atoms with Gasteiger partial charge in [-0.1, -0.05) is 18.2 Å². The van der Waals surface area contributed by atoms with Crippen molar-refractivity contribution in [2.24, 2.45) is 0 Å². The number of nitrogens with one attached hydrogen (secondary N) is 1. The summed E-state index contributed by atoms with van der Waals surface area (Å²) in [6.45, 7) is 1.35. The van der Waals surface area contributed by atoms with Crippen molar-refractivity contribution in [2.75, 3.05) is 12.8 Å². The summed E-state index contributed by atoms with van der Waals surface area (Å²) in [4.78, 5) is 12.0. The molecule has 0 saturated carbocycles. The van der Waals surface area contributed by atoms with Gasteiger partial charge in [0.2, 0.25) is 15.9 Å². The van der Waals surface area contributed by atoms with E-state index >= 15 is 0 Å². The van der Waals surface area contributed by atoms with Crippen LogP contribution in [0, 0.1) is 5.82 Å². The number of halogens is 1. The largest absolute Gasteiger partial charge is 0.350 e. The molecule has 0 unspecified atom stereocenters. The number of benzene rings is 1. The first-order valence-corrected chi connectivity index (χ1v) is 9.68. The van der Waals surface area contributed by atoms with E-state index in [9.17, 15) is 17.6 Å². The molecule has 7 nitrogen and oxygen atoms in total. The van der Waals surface area contributed by atoms with Gasteiger partial charge >= 0.3 is 0 Å². The number of hydrogen-bond donors (Lipinski definition) is 1. The van der Waals surface area contributed by atoms with Gasteiger partial charge < -0.3 is 5.32 Å². The molecule has 9 heteroatoms. The topological polar surface area (TPSA) is 84.3 Å². The van der Waals surface area contributed by atoms with Crippen molar-refractivity contribution in [1.82, 2.24) is 19.4 Å². The maximum atomic E-state index is 13.6. The van der Waals surface area contributed by atoms with Crippen LogP contribution in [0.3, 0.4) is 0 Å². The van der Waals surface area contributed by atoms with E-state index in [2.05, 4.69) is 10.4 Å². The van der Waals surface area contributed by atoms with Crippen molar-refractivity contribution < 1.29 is 17.6 Å². The third-order valence-corrected chi connectivity index (χ3v) is 5.31. The van der Waals surface area contributed by atoms with Gasteiger partial charge in [0, 0.05) is 6.54 Å². The SMILES string of the molecule is CS(=O)(=O)N1CCn2nc(CNC(=O)Cc3ccccc3F)cc2C1. The van der Waals surface area contributed by atoms with Crippen LogP contribution in [0.5, 0.6) is 0 Å². The zero-order chi connectivity index (χ0) is 18.0. The minimum atomic E-state index is -3.24. The maximum Gasteiger partial charge on any atom is 0.224 e. The summed E-state index contributed by atoms with van der Waals surface area (Å²) in [6, 6.07) is 7.93. The van der Waals surface area contributed by atoms with Crippen LogP contribution in [0.25, 0.3) is 0 Å². The Morgan fingerprint density at radius 1 is 1.32 bits per heavy atom. The molecule has 1 N–H and O–H groups in total. The highest BCUT2D eigenvalue weighted by atomic mass is 32.2. The Morgan fingerprint density at radius 3 is 2.80 bits per heavy atom. The van der Waals surface area contributed by atoms with E-state index in [1.165, 1.54) is 16.6 Å². The van der Waals surface area contributed by atoms with E-state index in [1.54, 1.807) is 28.9 Å². The number of aromatic nitrogens is 2. The number of amides is 1. The van der Waals surface area contributed by atoms with Crippen LogP contribution < -0.4 is 5.32 Å². The first-order valence-electron chi connectivity index (χ1n) is 7.84. The fourth-order valence-corrected chi connectivity index (χ4v) is 3.52. The zero-order valence-corrected chi connectivity index (χ0v) is 14.6. The molecule has 0 fully saturated rings. The number of rotatable bonds is 5. The van der Waals surface area contributed by atoms with Gasteiger partial charge in [-0.3, -0.25) is 9.48 Å². The van der Waals surface area contributed by atoms with Crippen molar-refractivity contribution >= 4 is 15.9 Å². The number of carbonyl (C=O) groups is 1. The second-order valence-electron chi connectivity index (χ2n) is 5.99. The van der Waals surface area contributed by atoms with Crippen LogP contribution in [0.4, 0.5) is 4.39 Å². The molecule has 2 aromatic rings. The lowest BCUT2D eigenvalue weighted by molar-refractivity contribution is -0.120. The predicted molar refractivity (Wildman–Crippen MR) is 89.4 cm³/mol. The van der Waals surface area contributed by atoms with Crippen molar-refractivity contribution in [3.63, 3.8) is 0 Å². The summed E-state index contributed by atoms with van der Waals surface area (Å²) in [5.41, 5.74) is 1.77. The second-order valence-corrected chi connectivity index (χ2v) is 7.97. The number of carbonyl (C=O) groups excluding carboxylic acids is 1. The Kier molecular flexibility index (Phi) is 4.87. The fourth-order valence-electron chi connectivity index (χ4n) is 2.74. The lowest BCUT2D eigenvalue weighted by Gasteiger charge is -2.25. The number of nitrogens with zero attached hydrogens (tertiary/aromatic N) is 3. The van der Waals surface area contributed by atoms with E-state index < -0.39 is 15.8 Å². The summed E-state index contributed by atoms with van der Waals surface area (Å²) in [5, 5.41) is 7.08. The number of fused-ring (bicyclic) bond motifs is 1. The molecular formula is C16H19FN4O3S. The molecule has 1 amide bonds. The number of hydrogen-bond acceptors (Lipinski definition) is 4. The highest BCUT2D eigenvalue weighted by molar-refractivity contribution is 7.88. The molecule has 0 spiro atoms. The molecule has 1 aliphatic rings. The molecule has 0 aliphatic carbocycles. The molecule has 3 rings (SSSR count). The van der Waals surface area contributed by atoms with Gasteiger partial charge in [-0.15, -0.1) is 0 Å². The molecule has 1 aromatic carbocycles. The lowest BCUT2D eigenvalue weighted by atomic mass is 10.1. The van der Waals surface area contributed by atoms with Crippen LogP contribution in [0.15, 0.2) is 30.3 Å². The maximum absolute atomic E-state index is 13.6. The van der Waals surface area contributed by atoms with Crippen molar-refractivity contribution in [3.05, 3.63) is 53.1 Å². The quantitative estimate of drug-likeness (QED) is 0.842. The van der Waals surface area contributed by atoms with Gasteiger partial charge in [0.15, 0.2) is 0 Å². The average Bonchev–Trinajstić information content (AvgIpc) is 2.96. The summed E-state index contributed by atoms with van der Waals surface area (Å²) in [7, 11) is -3.24. The van der Waals surface area contributed by atoms with E-state index in [1.807, 2.05) is 0 Å². The Morgan fingerprint density at radius 2 is 2.08 bits per heavy atom. The van der Waals surface area contributed by atoms with Crippen molar-refractivity contribution in [3.8, 4) is 0 Å². The van der Waals surface area contributed by atoms with Gasteiger partial charge in [0.25, 0.3) is 0 Å². The smallest absolute Gasteiger partial charge is 0.224 e. The minimum absolute atomic E-state index is 0.0396. The molecule has 134 valence electrons. The van der Waals surface area contributed by atoms with Gasteiger partial charge in [-0.25, -0.2) is 12.8 Å². The van der Waals surface area contributed by atoms with Crippen molar-refractivity contribution in [2.45, 2.75) is 26.1 Å². The molecule has 1 aliphatic heterocycles. The van der Waals surface area contributed by atoms with Gasteiger partial charge in [-0.2, -0.15) is 9.40 Å². The van der Waals surface area contributed by atoms with E-state index in [0.29, 0.717) is 24.3 Å².